The number of ether oxygens (including phenoxy) is 2. The molecule has 0 amide bonds. The van der Waals surface area contributed by atoms with Gasteiger partial charge < -0.3 is 9.47 Å². The molecule has 104 valence electrons. The fourth-order valence-corrected chi connectivity index (χ4v) is 1.73. The molecule has 7 heteroatoms. The van der Waals surface area contributed by atoms with Crippen molar-refractivity contribution >= 4 is 17.6 Å². The highest BCUT2D eigenvalue weighted by Gasteiger charge is 2.27. The van der Waals surface area contributed by atoms with E-state index >= 15 is 0 Å². The maximum absolute atomic E-state index is 11.8. The van der Waals surface area contributed by atoms with E-state index in [0.717, 1.165) is 14.2 Å². The van der Waals surface area contributed by atoms with Gasteiger partial charge in [-0.25, -0.2) is 9.59 Å². The number of benzene rings is 1. The Hall–Kier alpha value is -2.12. The summed E-state index contributed by atoms with van der Waals surface area (Å²) < 4.78 is 9.13. The number of esters is 2. The molecule has 0 unspecified atom stereocenters. The lowest BCUT2D eigenvalue weighted by Crippen LogP contribution is -2.22. The van der Waals surface area contributed by atoms with Crippen molar-refractivity contribution in [1.29, 1.82) is 0 Å². The van der Waals surface area contributed by atoms with Crippen molar-refractivity contribution in [1.82, 2.24) is 0 Å². The van der Waals surface area contributed by atoms with Crippen LogP contribution in [0.1, 0.15) is 31.8 Å². The van der Waals surface area contributed by atoms with E-state index in [4.69, 9.17) is 0 Å². The highest BCUT2D eigenvalue weighted by Crippen LogP contribution is 2.30. The van der Waals surface area contributed by atoms with Crippen LogP contribution in [0.3, 0.4) is 0 Å². The van der Waals surface area contributed by atoms with E-state index in [-0.39, 0.29) is 22.0 Å². The molecule has 0 saturated carbocycles. The normalized spacial score (nSPS) is 10.0. The summed E-state index contributed by atoms with van der Waals surface area (Å²) in [4.78, 5) is 23.4. The predicted molar refractivity (Wildman–Crippen MR) is 64.6 cm³/mol. The smallest absolute Gasteiger partial charge is 0.341 e. The monoisotopic (exact) mass is 269 g/mol. The molecule has 7 nitrogen and oxygen atoms in total. The van der Waals surface area contributed by atoms with E-state index in [1.165, 1.54) is 6.07 Å². The van der Waals surface area contributed by atoms with Crippen LogP contribution >= 0.6 is 0 Å². The fraction of sp³-hybridized carbons (Fsp3) is 0.333. The molecule has 1 aromatic carbocycles. The molecular weight excluding hydrogens is 254 g/mol. The molecule has 0 aliphatic rings. The van der Waals surface area contributed by atoms with Crippen LogP contribution in [-0.2, 0) is 9.47 Å². The second-order valence-electron chi connectivity index (χ2n) is 3.86. The summed E-state index contributed by atoms with van der Waals surface area (Å²) in [6, 6.07) is 1.43. The topological polar surface area (TPSA) is 96.3 Å². The minimum atomic E-state index is -0.869. The Balaban J connectivity index is 3.73. The van der Waals surface area contributed by atoms with Gasteiger partial charge in [-0.1, -0.05) is 0 Å². The van der Waals surface area contributed by atoms with Crippen molar-refractivity contribution in [2.45, 2.75) is 13.8 Å². The molecule has 0 aromatic heterocycles. The molecule has 0 atom stereocenters. The third-order valence-corrected chi connectivity index (χ3v) is 2.81. The maximum atomic E-state index is 11.8. The number of anilines is 1. The second kappa shape index (κ2) is 5.68. The predicted octanol–water partition coefficient (Wildman–Crippen LogP) is 1.46. The third kappa shape index (κ3) is 2.67. The van der Waals surface area contributed by atoms with E-state index in [1.54, 1.807) is 13.8 Å². The van der Waals surface area contributed by atoms with E-state index < -0.39 is 11.9 Å². The molecule has 2 N–H and O–H groups in total. The van der Waals surface area contributed by atoms with Gasteiger partial charge in [0.25, 0.3) is 0 Å². The summed E-state index contributed by atoms with van der Waals surface area (Å²) in [6.45, 7) is 3.24. The van der Waals surface area contributed by atoms with Crippen LogP contribution in [0.2, 0.25) is 0 Å². The Bertz CT molecular complexity index is 523. The molecule has 0 bridgehead atoms. The number of nitrogens with zero attached hydrogens (tertiary/aromatic N) is 1. The first-order valence-corrected chi connectivity index (χ1v) is 5.33. The molecule has 0 heterocycles. The lowest BCUT2D eigenvalue weighted by Gasteiger charge is -2.19. The van der Waals surface area contributed by atoms with Gasteiger partial charge in [0.1, 0.15) is 11.3 Å². The van der Waals surface area contributed by atoms with Gasteiger partial charge in [0.05, 0.1) is 19.8 Å². The summed E-state index contributed by atoms with van der Waals surface area (Å²) in [7, 11) is 2.29. The van der Waals surface area contributed by atoms with Crippen LogP contribution in [0.15, 0.2) is 6.07 Å². The zero-order valence-corrected chi connectivity index (χ0v) is 11.1. The zero-order valence-electron chi connectivity index (χ0n) is 11.1. The lowest BCUT2D eigenvalue weighted by molar-refractivity contribution is 0.0267. The summed E-state index contributed by atoms with van der Waals surface area (Å²) >= 11 is 0. The molecule has 0 radical (unpaired) electrons. The highest BCUT2D eigenvalue weighted by molar-refractivity contribution is 6.07. The van der Waals surface area contributed by atoms with Gasteiger partial charge in [-0.2, -0.15) is 0 Å². The Morgan fingerprint density at radius 1 is 1.11 bits per heavy atom. The van der Waals surface area contributed by atoms with E-state index in [1.807, 2.05) is 0 Å². The van der Waals surface area contributed by atoms with Crippen molar-refractivity contribution in [2.24, 2.45) is 0 Å². The first kappa shape index (κ1) is 14.9. The van der Waals surface area contributed by atoms with Crippen LogP contribution < -0.4 is 5.23 Å². The average Bonchev–Trinajstić information content (AvgIpc) is 2.38. The third-order valence-electron chi connectivity index (χ3n) is 2.81. The van der Waals surface area contributed by atoms with Crippen LogP contribution in [0.5, 0.6) is 0 Å². The first-order chi connectivity index (χ1) is 8.84. The average molecular weight is 269 g/mol. The van der Waals surface area contributed by atoms with Gasteiger partial charge in [-0.05, 0) is 31.0 Å². The van der Waals surface area contributed by atoms with Crippen molar-refractivity contribution in [3.63, 3.8) is 0 Å². The minimum absolute atomic E-state index is 0.0967. The Morgan fingerprint density at radius 2 is 1.63 bits per heavy atom. The van der Waals surface area contributed by atoms with Crippen molar-refractivity contribution in [2.75, 3.05) is 19.4 Å². The molecule has 19 heavy (non-hydrogen) atoms. The molecule has 0 saturated heterocycles. The zero-order chi connectivity index (χ0) is 14.7. The molecule has 0 fully saturated rings. The molecule has 1 rings (SSSR count). The van der Waals surface area contributed by atoms with Gasteiger partial charge in [0, 0.05) is 0 Å². The van der Waals surface area contributed by atoms with Crippen molar-refractivity contribution < 1.29 is 29.5 Å². The van der Waals surface area contributed by atoms with E-state index in [9.17, 15) is 20.0 Å². The fourth-order valence-electron chi connectivity index (χ4n) is 1.73. The second-order valence-corrected chi connectivity index (χ2v) is 3.86. The van der Waals surface area contributed by atoms with Gasteiger partial charge in [-0.3, -0.25) is 10.4 Å². The van der Waals surface area contributed by atoms with Gasteiger partial charge >= 0.3 is 11.9 Å². The Labute approximate surface area is 109 Å². The summed E-state index contributed by atoms with van der Waals surface area (Å²) in [5.41, 5.74) is 0.449. The van der Waals surface area contributed by atoms with Crippen LogP contribution in [0.4, 0.5) is 5.69 Å². The van der Waals surface area contributed by atoms with Crippen LogP contribution in [-0.4, -0.2) is 36.6 Å². The number of hydrogen-bond acceptors (Lipinski definition) is 7. The Kier molecular flexibility index (Phi) is 4.47. The number of hydrogen-bond donors (Lipinski definition) is 2. The van der Waals surface area contributed by atoms with Gasteiger partial charge in [0.2, 0.25) is 0 Å². The van der Waals surface area contributed by atoms with E-state index in [0.29, 0.717) is 11.1 Å². The standard InChI is InChI=1S/C12H15NO6/c1-6-5-8(11(14)18-3)9(12(15)19-4)10(7(6)2)13(16)17/h5,16-17H,1-4H3. The van der Waals surface area contributed by atoms with Crippen molar-refractivity contribution in [3.05, 3.63) is 28.3 Å². The molecule has 0 spiro atoms. The van der Waals surface area contributed by atoms with E-state index in [2.05, 4.69) is 9.47 Å². The summed E-state index contributed by atoms with van der Waals surface area (Å²) in [6.07, 6.45) is 0. The van der Waals surface area contributed by atoms with Gasteiger partial charge in [-0.15, -0.1) is 5.23 Å². The van der Waals surface area contributed by atoms with Crippen molar-refractivity contribution in [3.8, 4) is 0 Å². The molecule has 1 aromatic rings. The largest absolute Gasteiger partial charge is 0.465 e. The molecule has 0 aliphatic carbocycles. The lowest BCUT2D eigenvalue weighted by atomic mass is 9.97. The first-order valence-electron chi connectivity index (χ1n) is 5.33. The van der Waals surface area contributed by atoms with Crippen LogP contribution in [0.25, 0.3) is 0 Å². The number of carbonyl (C=O) groups is 2. The van der Waals surface area contributed by atoms with Gasteiger partial charge in [0.15, 0.2) is 0 Å². The number of methoxy groups -OCH3 is 2. The number of aryl methyl sites for hydroxylation is 1. The SMILES string of the molecule is COC(=O)c1cc(C)c(C)c(N(O)O)c1C(=O)OC. The minimum Gasteiger partial charge on any atom is -0.465 e. The molecule has 0 aliphatic heterocycles. The quantitative estimate of drug-likeness (QED) is 0.633. The number of carbonyl (C=O) groups excluding carboxylic acids is 2. The molecular formula is C12H15NO6. The summed E-state index contributed by atoms with van der Waals surface area (Å²) in [5, 5.41) is 18.3. The summed E-state index contributed by atoms with van der Waals surface area (Å²) in [5.74, 6) is -1.64. The van der Waals surface area contributed by atoms with Crippen LogP contribution in [0, 0.1) is 13.8 Å². The number of rotatable bonds is 3. The maximum Gasteiger partial charge on any atom is 0.341 e. The highest BCUT2D eigenvalue weighted by atomic mass is 16.8. The Morgan fingerprint density at radius 3 is 2.05 bits per heavy atom.